The second-order valence-electron chi connectivity index (χ2n) is 6.20. The Morgan fingerprint density at radius 3 is 2.75 bits per heavy atom. The first kappa shape index (κ1) is 17.3. The third-order valence-corrected chi connectivity index (χ3v) is 5.12. The molecule has 0 saturated carbocycles. The van der Waals surface area contributed by atoms with Gasteiger partial charge >= 0.3 is 0 Å². The van der Waals surface area contributed by atoms with E-state index in [1.165, 1.54) is 11.8 Å². The molecule has 0 unspecified atom stereocenters. The van der Waals surface area contributed by atoms with Crippen LogP contribution in [0.1, 0.15) is 5.56 Å². The van der Waals surface area contributed by atoms with Gasteiger partial charge in [0.2, 0.25) is 5.91 Å². The van der Waals surface area contributed by atoms with Gasteiger partial charge in [-0.3, -0.25) is 9.69 Å². The highest BCUT2D eigenvalue weighted by molar-refractivity contribution is 8.15. The zero-order chi connectivity index (χ0) is 16.9. The summed E-state index contributed by atoms with van der Waals surface area (Å²) in [6.07, 6.45) is 0. The van der Waals surface area contributed by atoms with Gasteiger partial charge in [-0.25, -0.2) is 4.99 Å². The highest BCUT2D eigenvalue weighted by Crippen LogP contribution is 2.25. The van der Waals surface area contributed by atoms with E-state index in [1.807, 2.05) is 25.1 Å². The molecule has 3 rings (SSSR count). The topological polar surface area (TPSA) is 57.2 Å². The first-order valence-corrected chi connectivity index (χ1v) is 9.24. The Morgan fingerprint density at radius 1 is 1.29 bits per heavy atom. The first-order chi connectivity index (χ1) is 11.6. The van der Waals surface area contributed by atoms with E-state index in [4.69, 9.17) is 4.74 Å². The van der Waals surface area contributed by atoms with Crippen molar-refractivity contribution >= 4 is 28.5 Å². The minimum Gasteiger partial charge on any atom is -0.492 e. The third-order valence-electron chi connectivity index (χ3n) is 4.25. The molecule has 0 aromatic heterocycles. The van der Waals surface area contributed by atoms with E-state index in [0.717, 1.165) is 49.7 Å². The number of likely N-dealkylation sites (N-methyl/N-ethyl adjacent to an activating group) is 1. The number of aliphatic imine (C=N–C) groups is 1. The van der Waals surface area contributed by atoms with E-state index in [-0.39, 0.29) is 5.91 Å². The number of thioether (sulfide) groups is 1. The Balaban J connectivity index is 1.50. The molecule has 1 N–H and O–H groups in total. The molecule has 1 amide bonds. The average molecular weight is 348 g/mol. The summed E-state index contributed by atoms with van der Waals surface area (Å²) in [6, 6.07) is 5.89. The lowest BCUT2D eigenvalue weighted by atomic mass is 10.2. The summed E-state index contributed by atoms with van der Waals surface area (Å²) in [5.74, 6) is 1.33. The van der Waals surface area contributed by atoms with Gasteiger partial charge < -0.3 is 15.0 Å². The lowest BCUT2D eigenvalue weighted by Crippen LogP contribution is -2.45. The van der Waals surface area contributed by atoms with Crippen molar-refractivity contribution in [2.45, 2.75) is 6.92 Å². The van der Waals surface area contributed by atoms with Crippen molar-refractivity contribution in [1.29, 1.82) is 0 Å². The van der Waals surface area contributed by atoms with Gasteiger partial charge in [0.1, 0.15) is 12.4 Å². The van der Waals surface area contributed by atoms with Gasteiger partial charge in [-0.15, -0.1) is 0 Å². The normalized spacial score (nSPS) is 21.2. The van der Waals surface area contributed by atoms with Crippen molar-refractivity contribution in [2.24, 2.45) is 4.99 Å². The maximum Gasteiger partial charge on any atom is 0.236 e. The van der Waals surface area contributed by atoms with Crippen LogP contribution in [0.2, 0.25) is 0 Å². The highest BCUT2D eigenvalue weighted by atomic mass is 32.2. The van der Waals surface area contributed by atoms with Gasteiger partial charge in [0.25, 0.3) is 0 Å². The van der Waals surface area contributed by atoms with Crippen LogP contribution in [0.5, 0.6) is 5.75 Å². The average Bonchev–Trinajstić information content (AvgIpc) is 2.97. The van der Waals surface area contributed by atoms with Crippen LogP contribution in [-0.2, 0) is 4.79 Å². The number of nitrogens with zero attached hydrogens (tertiary/aromatic N) is 3. The molecule has 0 spiro atoms. The van der Waals surface area contributed by atoms with E-state index < -0.39 is 0 Å². The molecule has 1 aromatic carbocycles. The quantitative estimate of drug-likeness (QED) is 0.873. The Kier molecular flexibility index (Phi) is 5.76. The summed E-state index contributed by atoms with van der Waals surface area (Å²) in [4.78, 5) is 20.5. The Morgan fingerprint density at radius 2 is 2.08 bits per heavy atom. The minimum absolute atomic E-state index is 0.0141. The first-order valence-electron chi connectivity index (χ1n) is 8.26. The van der Waals surface area contributed by atoms with Crippen LogP contribution in [-0.4, -0.2) is 73.0 Å². The molecule has 130 valence electrons. The summed E-state index contributed by atoms with van der Waals surface area (Å²) in [6.45, 7) is 8.14. The molecule has 2 heterocycles. The van der Waals surface area contributed by atoms with Crippen LogP contribution in [0, 0.1) is 6.92 Å². The summed E-state index contributed by atoms with van der Waals surface area (Å²) in [7, 11) is 2.16. The van der Waals surface area contributed by atoms with Gasteiger partial charge in [-0.2, -0.15) is 0 Å². The van der Waals surface area contributed by atoms with Crippen LogP contribution < -0.4 is 10.1 Å². The van der Waals surface area contributed by atoms with Crippen molar-refractivity contribution in [2.75, 3.05) is 52.1 Å². The van der Waals surface area contributed by atoms with Crippen LogP contribution >= 0.6 is 11.8 Å². The highest BCUT2D eigenvalue weighted by Gasteiger charge is 2.17. The third kappa shape index (κ3) is 4.72. The van der Waals surface area contributed by atoms with Crippen molar-refractivity contribution in [3.63, 3.8) is 0 Å². The number of carbonyl (C=O) groups excluding carboxylic acids is 1. The summed E-state index contributed by atoms with van der Waals surface area (Å²) in [5.41, 5.74) is 1.91. The molecular weight excluding hydrogens is 324 g/mol. The van der Waals surface area contributed by atoms with Crippen LogP contribution in [0.3, 0.4) is 0 Å². The Bertz CT molecular complexity index is 627. The number of aryl methyl sites for hydroxylation is 1. The van der Waals surface area contributed by atoms with Gasteiger partial charge in [0.15, 0.2) is 5.17 Å². The predicted octanol–water partition coefficient (Wildman–Crippen LogP) is 1.47. The second kappa shape index (κ2) is 8.00. The molecule has 0 atom stereocenters. The van der Waals surface area contributed by atoms with Crippen LogP contribution in [0.15, 0.2) is 23.2 Å². The molecular formula is C17H24N4O2S. The molecule has 0 radical (unpaired) electrons. The molecule has 0 bridgehead atoms. The fraction of sp³-hybridized carbons (Fsp3) is 0.529. The van der Waals surface area contributed by atoms with Crippen molar-refractivity contribution in [1.82, 2.24) is 15.1 Å². The van der Waals surface area contributed by atoms with E-state index in [2.05, 4.69) is 27.2 Å². The van der Waals surface area contributed by atoms with Crippen LogP contribution in [0.4, 0.5) is 5.69 Å². The monoisotopic (exact) mass is 348 g/mol. The summed E-state index contributed by atoms with van der Waals surface area (Å²) < 4.78 is 5.88. The van der Waals surface area contributed by atoms with Gasteiger partial charge in [0.05, 0.1) is 11.4 Å². The number of benzene rings is 1. The fourth-order valence-electron chi connectivity index (χ4n) is 2.70. The maximum absolute atomic E-state index is 11.2. The van der Waals surface area contributed by atoms with E-state index in [9.17, 15) is 4.79 Å². The molecule has 1 aromatic rings. The maximum atomic E-state index is 11.2. The number of rotatable bonds is 5. The number of ether oxygens (including phenoxy) is 1. The molecule has 0 aliphatic carbocycles. The Labute approximate surface area is 147 Å². The molecule has 24 heavy (non-hydrogen) atoms. The number of nitrogens with one attached hydrogen (secondary N) is 1. The van der Waals surface area contributed by atoms with Crippen molar-refractivity contribution in [3.05, 3.63) is 23.8 Å². The van der Waals surface area contributed by atoms with Crippen LogP contribution in [0.25, 0.3) is 0 Å². The minimum atomic E-state index is 0.0141. The smallest absolute Gasteiger partial charge is 0.236 e. The standard InChI is InChI=1S/C17H24N4O2S/c1-13-11-14(23-10-9-21-7-5-20(2)6-8-21)3-4-15(13)18-17-19-16(22)12-24-17/h3-4,11H,5-10,12H2,1-2H3,(H,18,19,22). The molecule has 6 nitrogen and oxygen atoms in total. The van der Waals surface area contributed by atoms with Gasteiger partial charge in [-0.05, 0) is 37.7 Å². The van der Waals surface area contributed by atoms with E-state index in [0.29, 0.717) is 17.5 Å². The molecule has 2 aliphatic heterocycles. The SMILES string of the molecule is Cc1cc(OCCN2CCN(C)CC2)ccc1N=C1NC(=O)CS1. The number of amidine groups is 1. The second-order valence-corrected chi connectivity index (χ2v) is 7.16. The van der Waals surface area contributed by atoms with Gasteiger partial charge in [0, 0.05) is 32.7 Å². The molecule has 2 aliphatic rings. The number of hydrogen-bond acceptors (Lipinski definition) is 6. The number of piperazine rings is 1. The molecule has 2 saturated heterocycles. The fourth-order valence-corrected chi connectivity index (χ4v) is 3.39. The zero-order valence-corrected chi connectivity index (χ0v) is 15.1. The predicted molar refractivity (Wildman–Crippen MR) is 98.3 cm³/mol. The number of hydrogen-bond donors (Lipinski definition) is 1. The van der Waals surface area contributed by atoms with Crippen molar-refractivity contribution in [3.8, 4) is 5.75 Å². The zero-order valence-electron chi connectivity index (χ0n) is 14.2. The summed E-state index contributed by atoms with van der Waals surface area (Å²) in [5, 5.41) is 3.42. The summed E-state index contributed by atoms with van der Waals surface area (Å²) >= 11 is 1.44. The lowest BCUT2D eigenvalue weighted by molar-refractivity contribution is -0.116. The van der Waals surface area contributed by atoms with E-state index >= 15 is 0 Å². The Hall–Kier alpha value is -1.57. The number of amides is 1. The lowest BCUT2D eigenvalue weighted by Gasteiger charge is -2.32. The van der Waals surface area contributed by atoms with E-state index in [1.54, 1.807) is 0 Å². The molecule has 2 fully saturated rings. The molecule has 7 heteroatoms. The largest absolute Gasteiger partial charge is 0.492 e. The van der Waals surface area contributed by atoms with Crippen molar-refractivity contribution < 1.29 is 9.53 Å². The number of carbonyl (C=O) groups is 1. The van der Waals surface area contributed by atoms with Gasteiger partial charge in [-0.1, -0.05) is 11.8 Å².